The van der Waals surface area contributed by atoms with E-state index in [4.69, 9.17) is 0 Å². The zero-order valence-corrected chi connectivity index (χ0v) is 16.1. The molecule has 1 aliphatic heterocycles. The molecule has 144 valence electrons. The summed E-state index contributed by atoms with van der Waals surface area (Å²) in [5.74, 6) is 2.36. The number of nitrogens with zero attached hydrogens (tertiary/aromatic N) is 4. The van der Waals surface area contributed by atoms with Crippen LogP contribution in [0.4, 0.5) is 4.79 Å². The van der Waals surface area contributed by atoms with Crippen LogP contribution in [0.3, 0.4) is 0 Å². The van der Waals surface area contributed by atoms with Gasteiger partial charge < -0.3 is 14.8 Å². The van der Waals surface area contributed by atoms with Crippen molar-refractivity contribution in [3.05, 3.63) is 47.5 Å². The van der Waals surface area contributed by atoms with Crippen LogP contribution in [0.15, 0.2) is 30.6 Å². The van der Waals surface area contributed by atoms with Crippen molar-refractivity contribution in [2.24, 2.45) is 11.8 Å². The third kappa shape index (κ3) is 4.87. The summed E-state index contributed by atoms with van der Waals surface area (Å²) in [4.78, 5) is 14.6. The Balaban J connectivity index is 1.29. The van der Waals surface area contributed by atoms with Crippen LogP contribution < -0.4 is 5.32 Å². The number of carbonyl (C=O) groups is 1. The quantitative estimate of drug-likeness (QED) is 0.853. The van der Waals surface area contributed by atoms with E-state index in [1.54, 1.807) is 0 Å². The Kier molecular flexibility index (Phi) is 5.41. The molecule has 2 fully saturated rings. The van der Waals surface area contributed by atoms with Crippen LogP contribution in [0.1, 0.15) is 42.6 Å². The molecular formula is C21H29N5O. The molecule has 2 amide bonds. The Labute approximate surface area is 161 Å². The highest BCUT2D eigenvalue weighted by molar-refractivity contribution is 5.74. The molecule has 2 aliphatic rings. The van der Waals surface area contributed by atoms with Gasteiger partial charge in [0.25, 0.3) is 0 Å². The highest BCUT2D eigenvalue weighted by Crippen LogP contribution is 2.31. The second kappa shape index (κ2) is 8.11. The van der Waals surface area contributed by atoms with E-state index in [0.29, 0.717) is 12.5 Å². The fourth-order valence-electron chi connectivity index (χ4n) is 3.84. The maximum atomic E-state index is 12.6. The summed E-state index contributed by atoms with van der Waals surface area (Å²) < 4.78 is 2.22. The molecule has 1 saturated carbocycles. The number of piperidine rings is 1. The van der Waals surface area contributed by atoms with Gasteiger partial charge in [-0.25, -0.2) is 4.79 Å². The van der Waals surface area contributed by atoms with E-state index in [0.717, 1.165) is 56.2 Å². The van der Waals surface area contributed by atoms with Gasteiger partial charge in [0, 0.05) is 32.6 Å². The fourth-order valence-corrected chi connectivity index (χ4v) is 3.84. The number of aromatic nitrogens is 3. The molecule has 1 N–H and O–H groups in total. The Morgan fingerprint density at radius 2 is 2.00 bits per heavy atom. The molecule has 27 heavy (non-hydrogen) atoms. The van der Waals surface area contributed by atoms with Crippen LogP contribution in [0.5, 0.6) is 0 Å². The second-order valence-corrected chi connectivity index (χ2v) is 8.15. The van der Waals surface area contributed by atoms with Crippen LogP contribution in [-0.4, -0.2) is 38.8 Å². The SMILES string of the molecule is Cc1ccc(CNC(=O)N2CCCC(Cc3nncn3CC3CC3)C2)cc1. The lowest BCUT2D eigenvalue weighted by Gasteiger charge is -2.32. The van der Waals surface area contributed by atoms with Crippen LogP contribution >= 0.6 is 0 Å². The number of carbonyl (C=O) groups excluding carboxylic acids is 1. The van der Waals surface area contributed by atoms with Gasteiger partial charge in [-0.3, -0.25) is 0 Å². The van der Waals surface area contributed by atoms with Crippen LogP contribution in [0, 0.1) is 18.8 Å². The van der Waals surface area contributed by atoms with Crippen molar-refractivity contribution in [3.63, 3.8) is 0 Å². The second-order valence-electron chi connectivity index (χ2n) is 8.15. The van der Waals surface area contributed by atoms with Crippen molar-refractivity contribution in [1.82, 2.24) is 25.0 Å². The first-order valence-electron chi connectivity index (χ1n) is 10.1. The zero-order chi connectivity index (χ0) is 18.6. The highest BCUT2D eigenvalue weighted by Gasteiger charge is 2.27. The van der Waals surface area contributed by atoms with Gasteiger partial charge in [-0.1, -0.05) is 29.8 Å². The molecule has 2 heterocycles. The van der Waals surface area contributed by atoms with E-state index in [1.165, 1.54) is 18.4 Å². The van der Waals surface area contributed by atoms with Gasteiger partial charge in [0.1, 0.15) is 12.2 Å². The van der Waals surface area contributed by atoms with Gasteiger partial charge in [0.2, 0.25) is 0 Å². The van der Waals surface area contributed by atoms with Crippen molar-refractivity contribution in [2.75, 3.05) is 13.1 Å². The van der Waals surface area contributed by atoms with Crippen molar-refractivity contribution in [1.29, 1.82) is 0 Å². The van der Waals surface area contributed by atoms with Crippen LogP contribution in [0.2, 0.25) is 0 Å². The third-order valence-electron chi connectivity index (χ3n) is 5.69. The monoisotopic (exact) mass is 367 g/mol. The summed E-state index contributed by atoms with van der Waals surface area (Å²) in [5.41, 5.74) is 2.37. The fraction of sp³-hybridized carbons (Fsp3) is 0.571. The molecule has 1 aromatic carbocycles. The molecule has 1 saturated heterocycles. The first kappa shape index (κ1) is 18.0. The molecule has 1 unspecified atom stereocenters. The van der Waals surface area contributed by atoms with Crippen molar-refractivity contribution >= 4 is 6.03 Å². The van der Waals surface area contributed by atoms with Gasteiger partial charge in [-0.05, 0) is 50.0 Å². The average molecular weight is 367 g/mol. The van der Waals surface area contributed by atoms with Crippen LogP contribution in [0.25, 0.3) is 0 Å². The standard InChI is InChI=1S/C21H29N5O/c1-16-4-6-17(7-5-16)12-22-21(27)25-10-2-3-19(14-25)11-20-24-23-15-26(20)13-18-8-9-18/h4-7,15,18-19H,2-3,8-14H2,1H3,(H,22,27). The lowest BCUT2D eigenvalue weighted by Crippen LogP contribution is -2.45. The predicted molar refractivity (Wildman–Crippen MR) is 104 cm³/mol. The molecular weight excluding hydrogens is 338 g/mol. The topological polar surface area (TPSA) is 63.1 Å². The summed E-state index contributed by atoms with van der Waals surface area (Å²) >= 11 is 0. The largest absolute Gasteiger partial charge is 0.334 e. The molecule has 1 aromatic heterocycles. The number of amides is 2. The molecule has 4 rings (SSSR count). The van der Waals surface area contributed by atoms with Gasteiger partial charge in [-0.2, -0.15) is 0 Å². The van der Waals surface area contributed by atoms with Crippen molar-refractivity contribution < 1.29 is 4.79 Å². The zero-order valence-electron chi connectivity index (χ0n) is 16.1. The number of nitrogens with one attached hydrogen (secondary N) is 1. The van der Waals surface area contributed by atoms with Crippen molar-refractivity contribution in [2.45, 2.75) is 52.1 Å². The van der Waals surface area contributed by atoms with E-state index in [-0.39, 0.29) is 6.03 Å². The predicted octanol–water partition coefficient (Wildman–Crippen LogP) is 3.16. The van der Waals surface area contributed by atoms with Gasteiger partial charge >= 0.3 is 6.03 Å². The van der Waals surface area contributed by atoms with Gasteiger partial charge in [0.05, 0.1) is 0 Å². The number of aryl methyl sites for hydroxylation is 1. The number of benzene rings is 1. The van der Waals surface area contributed by atoms with E-state index >= 15 is 0 Å². The third-order valence-corrected chi connectivity index (χ3v) is 5.69. The molecule has 6 nitrogen and oxygen atoms in total. The maximum absolute atomic E-state index is 12.6. The molecule has 1 atom stereocenters. The summed E-state index contributed by atoms with van der Waals surface area (Å²) in [6.07, 6.45) is 7.64. The Morgan fingerprint density at radius 3 is 2.78 bits per heavy atom. The lowest BCUT2D eigenvalue weighted by atomic mass is 9.94. The number of hydrogen-bond acceptors (Lipinski definition) is 3. The number of rotatable bonds is 6. The van der Waals surface area contributed by atoms with Gasteiger partial charge in [0.15, 0.2) is 0 Å². The molecule has 1 aliphatic carbocycles. The number of likely N-dealkylation sites (tertiary alicyclic amines) is 1. The van der Waals surface area contributed by atoms with E-state index in [9.17, 15) is 4.79 Å². The highest BCUT2D eigenvalue weighted by atomic mass is 16.2. The minimum atomic E-state index is 0.0414. The van der Waals surface area contributed by atoms with E-state index < -0.39 is 0 Å². The smallest absolute Gasteiger partial charge is 0.317 e. The molecule has 0 radical (unpaired) electrons. The first-order valence-corrected chi connectivity index (χ1v) is 10.1. The maximum Gasteiger partial charge on any atom is 0.317 e. The Morgan fingerprint density at radius 1 is 1.19 bits per heavy atom. The number of hydrogen-bond donors (Lipinski definition) is 1. The molecule has 0 spiro atoms. The van der Waals surface area contributed by atoms with E-state index in [2.05, 4.69) is 51.3 Å². The molecule has 6 heteroatoms. The van der Waals surface area contributed by atoms with E-state index in [1.807, 2.05) is 11.2 Å². The Hall–Kier alpha value is -2.37. The molecule has 0 bridgehead atoms. The minimum Gasteiger partial charge on any atom is -0.334 e. The Bertz CT molecular complexity index is 765. The van der Waals surface area contributed by atoms with Crippen LogP contribution in [-0.2, 0) is 19.5 Å². The normalized spacial score (nSPS) is 19.9. The summed E-state index contributed by atoms with van der Waals surface area (Å²) in [7, 11) is 0. The molecule has 2 aromatic rings. The first-order chi connectivity index (χ1) is 13.2. The summed E-state index contributed by atoms with van der Waals surface area (Å²) in [6.45, 7) is 5.34. The summed E-state index contributed by atoms with van der Waals surface area (Å²) in [6, 6.07) is 8.34. The average Bonchev–Trinajstić information content (AvgIpc) is 3.40. The summed E-state index contributed by atoms with van der Waals surface area (Å²) in [5, 5.41) is 11.5. The minimum absolute atomic E-state index is 0.0414. The lowest BCUT2D eigenvalue weighted by molar-refractivity contribution is 0.164. The van der Waals surface area contributed by atoms with Gasteiger partial charge in [-0.15, -0.1) is 10.2 Å². The van der Waals surface area contributed by atoms with Crippen molar-refractivity contribution in [3.8, 4) is 0 Å². The number of urea groups is 1.